The Kier molecular flexibility index (Phi) is 31.0. The standard InChI is InChI=1S/C41H48N4O6Si.C35H42N2O5Si.C25H38N2Si.C10H8O6/c1-6-43(7-2)27-13-15-31-35(23-27)52(21-11-10-12-22-52)36-24-28(44(8-3)9-4)14-16-32(36)41(31)33-25-30(34(50-5)26-29(33)40(49)51-41)39(48)42-19-20-45-37(46)17-18-38(45)47;1-6-36(7-2)23-13-15-27-31(19-23)43(17-11-10-12-18-43)32-20-24(37(8-3)9-4)14-16-28(32)35(27)29-21-26(33(38)39)30(41-5)22-25(29)34(40)42-35;1-5-26(6-2)22-14-12-16-24(20-22)28(18-10-9-11-19-28)25-17-13-15-23(21-25)27(7-3)8-4;1-15-7-3-5-4(2-6(7)8(11)12)9(13)16-10(5)14/h13-18,23-26H,6-12,19-22H2,1-5H3,(H,42,48);13-16,19-22H,6-12,17-18H2,1-5H3,(H,38,39);12-17,20-21H,5-11,18-19H2,1-4H3;2-3,9,13H,1H3,(H,11,12). The average Bonchev–Trinajstić information content (AvgIpc) is 1.60. The van der Waals surface area contributed by atoms with Crippen LogP contribution in [0.1, 0.15) is 248 Å². The van der Waals surface area contributed by atoms with Crippen molar-refractivity contribution >= 4 is 137 Å². The Hall–Kier alpha value is -12.5. The number of nitrogens with zero attached hydrogens (tertiary/aromatic N) is 7. The van der Waals surface area contributed by atoms with Crippen molar-refractivity contribution < 1.29 is 82.1 Å². The molecule has 0 radical (unpaired) electrons. The van der Waals surface area contributed by atoms with Gasteiger partial charge in [-0.2, -0.15) is 0 Å². The number of hydrogen-bond acceptors (Lipinski definition) is 21. The molecule has 3 fully saturated rings. The fourth-order valence-corrected chi connectivity index (χ4v) is 40.3. The largest absolute Gasteiger partial charge is 0.496 e. The lowest BCUT2D eigenvalue weighted by molar-refractivity contribution is -0.136. The number of hydrogen-bond donors (Lipinski definition) is 4. The summed E-state index contributed by atoms with van der Waals surface area (Å²) in [6.45, 7) is 38.0. The lowest BCUT2D eigenvalue weighted by Crippen LogP contribution is -2.67. The number of esters is 3. The molecule has 3 saturated heterocycles. The van der Waals surface area contributed by atoms with Crippen LogP contribution >= 0.6 is 0 Å². The van der Waals surface area contributed by atoms with E-state index in [4.69, 9.17) is 28.8 Å². The summed E-state index contributed by atoms with van der Waals surface area (Å²) in [7, 11) is -2.16. The number of ether oxygens (including phenoxy) is 6. The molecule has 1 atom stereocenters. The summed E-state index contributed by atoms with van der Waals surface area (Å²) < 4.78 is 33.8. The molecule has 3 amide bonds. The Bertz CT molecular complexity index is 5970. The molecule has 9 aromatic rings. The van der Waals surface area contributed by atoms with Crippen LogP contribution in [0.4, 0.5) is 34.1 Å². The molecule has 734 valence electrons. The summed E-state index contributed by atoms with van der Waals surface area (Å²) in [6.07, 6.45) is 12.3. The molecular formula is C111H136N8O17Si3. The first kappa shape index (κ1) is 101. The summed E-state index contributed by atoms with van der Waals surface area (Å²) in [5.74, 6) is -4.72. The number of aliphatic hydroxyl groups is 1. The lowest BCUT2D eigenvalue weighted by Gasteiger charge is -2.48. The van der Waals surface area contributed by atoms with Crippen molar-refractivity contribution in [2.75, 3.05) is 142 Å². The van der Waals surface area contributed by atoms with Crippen LogP contribution in [-0.2, 0) is 35.0 Å². The second kappa shape index (κ2) is 42.7. The Morgan fingerprint density at radius 3 is 1.01 bits per heavy atom. The van der Waals surface area contributed by atoms with Crippen LogP contribution in [0.25, 0.3) is 0 Å². The summed E-state index contributed by atoms with van der Waals surface area (Å²) in [5, 5.41) is 39.8. The van der Waals surface area contributed by atoms with E-state index in [2.05, 4.69) is 244 Å². The first-order valence-corrected chi connectivity index (χ1v) is 57.5. The van der Waals surface area contributed by atoms with Gasteiger partial charge in [0.25, 0.3) is 17.7 Å². The third-order valence-electron chi connectivity index (χ3n) is 31.0. The van der Waals surface area contributed by atoms with Crippen molar-refractivity contribution in [3.8, 4) is 17.2 Å². The van der Waals surface area contributed by atoms with E-state index < -0.39 is 89.3 Å². The fraction of sp³-hybridized carbons (Fsp3) is 0.423. The minimum atomic E-state index is -2.36. The number of amides is 3. The predicted octanol–water partition coefficient (Wildman–Crippen LogP) is 15.9. The van der Waals surface area contributed by atoms with Gasteiger partial charge in [0.05, 0.1) is 43.6 Å². The monoisotopic (exact) mass is 1940 g/mol. The second-order valence-electron chi connectivity index (χ2n) is 37.2. The van der Waals surface area contributed by atoms with Crippen molar-refractivity contribution in [1.29, 1.82) is 0 Å². The van der Waals surface area contributed by atoms with Crippen molar-refractivity contribution in [3.63, 3.8) is 0 Å². The molecule has 0 aromatic heterocycles. The number of fused-ring (bicyclic) bond motifs is 17. The number of carbonyl (C=O) groups is 8. The number of aromatic carboxylic acids is 2. The van der Waals surface area contributed by atoms with Gasteiger partial charge in [-0.1, -0.05) is 117 Å². The van der Waals surface area contributed by atoms with Gasteiger partial charge < -0.3 is 78.5 Å². The maximum absolute atomic E-state index is 14.1. The third kappa shape index (κ3) is 18.2. The minimum absolute atomic E-state index is 0.0248. The summed E-state index contributed by atoms with van der Waals surface area (Å²) in [4.78, 5) is 116. The first-order valence-electron chi connectivity index (χ1n) is 50.3. The highest BCUT2D eigenvalue weighted by Gasteiger charge is 2.62. The van der Waals surface area contributed by atoms with E-state index >= 15 is 0 Å². The molecule has 139 heavy (non-hydrogen) atoms. The van der Waals surface area contributed by atoms with Crippen molar-refractivity contribution in [1.82, 2.24) is 10.2 Å². The van der Waals surface area contributed by atoms with E-state index in [1.54, 1.807) is 34.6 Å². The van der Waals surface area contributed by atoms with E-state index in [0.29, 0.717) is 22.3 Å². The highest BCUT2D eigenvalue weighted by molar-refractivity contribution is 7.04. The minimum Gasteiger partial charge on any atom is -0.496 e. The normalized spacial score (nSPS) is 17.2. The van der Waals surface area contributed by atoms with Crippen molar-refractivity contribution in [2.45, 2.75) is 195 Å². The first-order chi connectivity index (χ1) is 67.2. The van der Waals surface area contributed by atoms with Crippen LogP contribution in [0.2, 0.25) is 36.3 Å². The lowest BCUT2D eigenvalue weighted by atomic mass is 9.78. The van der Waals surface area contributed by atoms with Crippen LogP contribution in [-0.4, -0.2) is 205 Å². The van der Waals surface area contributed by atoms with E-state index in [0.717, 1.165) is 143 Å². The number of aliphatic hydroxyl groups excluding tert-OH is 1. The molecule has 9 heterocycles. The number of carboxylic acid groups (broad SMARTS) is 2. The molecule has 4 N–H and O–H groups in total. The number of carboxylic acids is 2. The zero-order valence-electron chi connectivity index (χ0n) is 83.4. The van der Waals surface area contributed by atoms with Gasteiger partial charge in [-0.05, 0) is 249 Å². The van der Waals surface area contributed by atoms with Crippen LogP contribution in [0.5, 0.6) is 17.2 Å². The van der Waals surface area contributed by atoms with Gasteiger partial charge in [0.15, 0.2) is 11.2 Å². The topological polar surface area (TPSA) is 287 Å². The fourth-order valence-electron chi connectivity index (χ4n) is 23.8. The molecule has 4 spiro atoms. The molecule has 28 heteroatoms. The van der Waals surface area contributed by atoms with Crippen LogP contribution in [0, 0.1) is 0 Å². The third-order valence-corrected chi connectivity index (χ3v) is 46.8. The Balaban J connectivity index is 0.000000151. The molecule has 9 aliphatic heterocycles. The van der Waals surface area contributed by atoms with Gasteiger partial charge in [-0.3, -0.25) is 19.3 Å². The zero-order valence-corrected chi connectivity index (χ0v) is 86.4. The second-order valence-corrected chi connectivity index (χ2v) is 50.0. The van der Waals surface area contributed by atoms with E-state index in [9.17, 15) is 48.6 Å². The van der Waals surface area contributed by atoms with Gasteiger partial charge in [-0.25, -0.2) is 24.0 Å². The quantitative estimate of drug-likeness (QED) is 0.0147. The van der Waals surface area contributed by atoms with Gasteiger partial charge in [0, 0.05) is 177 Å². The van der Waals surface area contributed by atoms with Gasteiger partial charge in [0.2, 0.25) is 6.29 Å². The molecule has 0 aliphatic carbocycles. The highest BCUT2D eigenvalue weighted by Crippen LogP contribution is 2.55. The molecule has 25 nitrogen and oxygen atoms in total. The molecule has 1 unspecified atom stereocenters. The molecule has 9 aliphatic rings. The number of rotatable bonds is 29. The molecule has 0 bridgehead atoms. The Morgan fingerprint density at radius 2 is 0.683 bits per heavy atom. The predicted molar refractivity (Wildman–Crippen MR) is 558 cm³/mol. The number of imide groups is 1. The van der Waals surface area contributed by atoms with Gasteiger partial charge in [0.1, 0.15) is 52.6 Å². The smallest absolute Gasteiger partial charge is 0.341 e. The van der Waals surface area contributed by atoms with Gasteiger partial charge in [-0.15, -0.1) is 0 Å². The number of nitrogens with one attached hydrogen (secondary N) is 1. The SMILES string of the molecule is CCN(CC)c1ccc2c(c1)[Si]1(CCCCC1)c1cc(N(CC)CC)ccc1C21OC(=O)c2cc(OC)c(C(=O)NCCN3C(=O)C=CC3=O)cc21.CCN(CC)c1ccc2c(c1)[Si]1(CCCCC1)c1cc(N(CC)CC)ccc1C21OC(=O)c2cc(OC)c(C(=O)O)cc21.CCN(CC)c1cccc([Si]2(c3cccc(N(CC)CC)c3)CCCCC2)c1.COc1cc2c(cc1C(=O)O)C(O)OC2=O. The van der Waals surface area contributed by atoms with E-state index in [-0.39, 0.29) is 58.2 Å². The maximum Gasteiger partial charge on any atom is 0.341 e. The van der Waals surface area contributed by atoms with Crippen LogP contribution in [0.15, 0.2) is 170 Å². The van der Waals surface area contributed by atoms with Crippen LogP contribution < -0.4 is 80.0 Å². The highest BCUT2D eigenvalue weighted by atomic mass is 28.3. The van der Waals surface area contributed by atoms with Crippen molar-refractivity contribution in [3.05, 3.63) is 242 Å². The Labute approximate surface area is 820 Å². The molecular weight excluding hydrogens is 1800 g/mol. The average molecular weight is 1940 g/mol. The number of methoxy groups -OCH3 is 3. The summed E-state index contributed by atoms with van der Waals surface area (Å²) in [5.41, 5.74) is 11.3. The summed E-state index contributed by atoms with van der Waals surface area (Å²) >= 11 is 0. The van der Waals surface area contributed by atoms with Crippen LogP contribution in [0.3, 0.4) is 0 Å². The van der Waals surface area contributed by atoms with Gasteiger partial charge >= 0.3 is 29.8 Å². The maximum atomic E-state index is 14.1. The molecule has 9 aromatic carbocycles. The number of carbonyl (C=O) groups excluding carboxylic acids is 6. The van der Waals surface area contributed by atoms with E-state index in [1.165, 1.54) is 158 Å². The Morgan fingerprint density at radius 1 is 0.374 bits per heavy atom. The van der Waals surface area contributed by atoms with Crippen molar-refractivity contribution in [2.24, 2.45) is 0 Å². The molecule has 0 saturated carbocycles. The molecule has 18 rings (SSSR count). The number of anilines is 6. The zero-order chi connectivity index (χ0) is 99.2. The van der Waals surface area contributed by atoms with E-state index in [1.807, 2.05) is 0 Å². The number of cyclic esters (lactones) is 1. The number of benzene rings is 9. The summed E-state index contributed by atoms with van der Waals surface area (Å²) in [6, 6.07) is 62.4.